The van der Waals surface area contributed by atoms with Gasteiger partial charge in [-0.05, 0) is 97.7 Å². The van der Waals surface area contributed by atoms with Crippen molar-refractivity contribution in [1.29, 1.82) is 0 Å². The van der Waals surface area contributed by atoms with Crippen LogP contribution in [0.5, 0.6) is 0 Å². The molecule has 3 aromatic rings. The number of carboxylic acid groups (broad SMARTS) is 2. The second-order valence-corrected chi connectivity index (χ2v) is 10.8. The van der Waals surface area contributed by atoms with Crippen LogP contribution >= 0.6 is 0 Å². The number of aromatic carboxylic acids is 2. The lowest BCUT2D eigenvalue weighted by molar-refractivity contribution is 0.0685. The Bertz CT molecular complexity index is 1390. The first-order valence-electron chi connectivity index (χ1n) is 14.3. The number of rotatable bonds is 13. The minimum Gasteiger partial charge on any atom is -0.478 e. The van der Waals surface area contributed by atoms with E-state index in [4.69, 9.17) is 0 Å². The Labute approximate surface area is 236 Å². The molecule has 0 saturated heterocycles. The van der Waals surface area contributed by atoms with Crippen LogP contribution in [0.1, 0.15) is 111 Å². The fourth-order valence-corrected chi connectivity index (χ4v) is 5.92. The van der Waals surface area contributed by atoms with Gasteiger partial charge in [-0.2, -0.15) is 0 Å². The summed E-state index contributed by atoms with van der Waals surface area (Å²) in [7, 11) is 0. The van der Waals surface area contributed by atoms with Crippen LogP contribution in [0.2, 0.25) is 0 Å². The molecular weight excluding hydrogens is 500 g/mol. The fraction of sp³-hybridized carbons (Fsp3) is 0.343. The van der Waals surface area contributed by atoms with E-state index in [-0.39, 0.29) is 16.7 Å². The molecule has 1 aliphatic rings. The quantitative estimate of drug-likeness (QED) is 0.129. The van der Waals surface area contributed by atoms with Gasteiger partial charge < -0.3 is 10.2 Å². The highest BCUT2D eigenvalue weighted by Gasteiger charge is 2.18. The van der Waals surface area contributed by atoms with Crippen LogP contribution in [0.15, 0.2) is 72.3 Å². The number of hydrogen-bond donors (Lipinski definition) is 2. The summed E-state index contributed by atoms with van der Waals surface area (Å²) in [6.07, 6.45) is 13.9. The summed E-state index contributed by atoms with van der Waals surface area (Å²) in [4.78, 5) is 34.8. The van der Waals surface area contributed by atoms with E-state index in [1.165, 1.54) is 49.8 Å². The first-order chi connectivity index (χ1) is 19.4. The molecular formula is C35H38O5. The highest BCUT2D eigenvalue weighted by Crippen LogP contribution is 2.34. The Balaban J connectivity index is 1.32. The lowest BCUT2D eigenvalue weighted by Gasteiger charge is -2.22. The van der Waals surface area contributed by atoms with Crippen LogP contribution in [0.25, 0.3) is 11.1 Å². The van der Waals surface area contributed by atoms with E-state index < -0.39 is 11.9 Å². The van der Waals surface area contributed by atoms with Crippen molar-refractivity contribution in [1.82, 2.24) is 0 Å². The zero-order valence-corrected chi connectivity index (χ0v) is 23.2. The molecule has 3 aromatic carbocycles. The average molecular weight is 539 g/mol. The molecule has 0 spiro atoms. The van der Waals surface area contributed by atoms with Gasteiger partial charge in [-0.15, -0.1) is 0 Å². The Hall–Kier alpha value is -3.99. The van der Waals surface area contributed by atoms with Crippen LogP contribution in [-0.2, 0) is 6.42 Å². The van der Waals surface area contributed by atoms with Gasteiger partial charge in [-0.3, -0.25) is 4.79 Å². The van der Waals surface area contributed by atoms with Gasteiger partial charge in [0.25, 0.3) is 0 Å². The van der Waals surface area contributed by atoms with Gasteiger partial charge >= 0.3 is 11.9 Å². The lowest BCUT2D eigenvalue weighted by Crippen LogP contribution is -2.06. The van der Waals surface area contributed by atoms with Gasteiger partial charge in [0.05, 0.1) is 11.1 Å². The van der Waals surface area contributed by atoms with Crippen molar-refractivity contribution >= 4 is 18.2 Å². The molecule has 0 aromatic heterocycles. The van der Waals surface area contributed by atoms with Gasteiger partial charge in [-0.25, -0.2) is 9.59 Å². The van der Waals surface area contributed by atoms with E-state index >= 15 is 0 Å². The second-order valence-electron chi connectivity index (χ2n) is 10.8. The largest absolute Gasteiger partial charge is 0.478 e. The van der Waals surface area contributed by atoms with E-state index in [0.29, 0.717) is 29.8 Å². The molecule has 1 aliphatic carbocycles. The summed E-state index contributed by atoms with van der Waals surface area (Å²) < 4.78 is 0. The third-order valence-electron chi connectivity index (χ3n) is 8.25. The Morgan fingerprint density at radius 2 is 1.55 bits per heavy atom. The number of hydrogen-bond acceptors (Lipinski definition) is 3. The van der Waals surface area contributed by atoms with Crippen molar-refractivity contribution < 1.29 is 24.6 Å². The molecule has 208 valence electrons. The SMILES string of the molecule is Cc1c(C(=O)O)ccc(-c2ccc(C=O)c(C(=O)O)c2)c1CCCCCCCC1=CCC(c2ccccc2)CC1. The van der Waals surface area contributed by atoms with Crippen LogP contribution in [0.3, 0.4) is 0 Å². The Morgan fingerprint density at radius 3 is 2.20 bits per heavy atom. The smallest absolute Gasteiger partial charge is 0.336 e. The Kier molecular flexibility index (Phi) is 10.1. The lowest BCUT2D eigenvalue weighted by atomic mass is 9.83. The van der Waals surface area contributed by atoms with E-state index in [0.717, 1.165) is 36.8 Å². The normalized spacial score (nSPS) is 14.9. The molecule has 0 radical (unpaired) electrons. The average Bonchev–Trinajstić information content (AvgIpc) is 2.97. The van der Waals surface area contributed by atoms with Gasteiger partial charge in [0, 0.05) is 5.56 Å². The molecule has 1 atom stereocenters. The maximum atomic E-state index is 11.8. The molecule has 0 amide bonds. The molecule has 5 heteroatoms. The van der Waals surface area contributed by atoms with Crippen molar-refractivity contribution in [2.75, 3.05) is 0 Å². The van der Waals surface area contributed by atoms with Gasteiger partial charge in [-0.1, -0.05) is 79.4 Å². The molecule has 2 N–H and O–H groups in total. The highest BCUT2D eigenvalue weighted by atomic mass is 16.4. The van der Waals surface area contributed by atoms with E-state index in [1.807, 2.05) is 6.92 Å². The number of allylic oxidation sites excluding steroid dienone is 2. The molecule has 40 heavy (non-hydrogen) atoms. The van der Waals surface area contributed by atoms with Gasteiger partial charge in [0.15, 0.2) is 6.29 Å². The number of carbonyl (C=O) groups excluding carboxylic acids is 1. The van der Waals surface area contributed by atoms with Crippen LogP contribution in [-0.4, -0.2) is 28.4 Å². The molecule has 0 saturated carbocycles. The molecule has 0 aliphatic heterocycles. The topological polar surface area (TPSA) is 91.7 Å². The first kappa shape index (κ1) is 29.0. The number of unbranched alkanes of at least 4 members (excludes halogenated alkanes) is 4. The summed E-state index contributed by atoms with van der Waals surface area (Å²) in [6.45, 7) is 1.82. The molecule has 0 bridgehead atoms. The maximum Gasteiger partial charge on any atom is 0.336 e. The molecule has 4 rings (SSSR count). The van der Waals surface area contributed by atoms with Crippen molar-refractivity contribution in [2.45, 2.75) is 77.0 Å². The summed E-state index contributed by atoms with van der Waals surface area (Å²) in [6, 6.07) is 18.9. The predicted molar refractivity (Wildman–Crippen MR) is 158 cm³/mol. The third-order valence-corrected chi connectivity index (χ3v) is 8.25. The standard InChI is InChI=1S/C35H38O5/c1-24-30(32(21-20-31(24)34(37)38)28-18-19-29(23-36)33(22-28)35(39)40)13-9-4-2-3-6-10-25-14-16-27(17-15-25)26-11-7-5-8-12-26/h5,7-8,11-12,14,18-23,27H,2-4,6,9-10,13,15-17H2,1H3,(H,37,38)(H,39,40). The molecule has 1 unspecified atom stereocenters. The van der Waals surface area contributed by atoms with Crippen molar-refractivity contribution in [3.8, 4) is 11.1 Å². The first-order valence-corrected chi connectivity index (χ1v) is 14.3. The van der Waals surface area contributed by atoms with Crippen LogP contribution in [0.4, 0.5) is 0 Å². The van der Waals surface area contributed by atoms with Crippen molar-refractivity contribution in [2.24, 2.45) is 0 Å². The van der Waals surface area contributed by atoms with Crippen LogP contribution in [0, 0.1) is 6.92 Å². The second kappa shape index (κ2) is 13.9. The fourth-order valence-electron chi connectivity index (χ4n) is 5.92. The molecule has 0 heterocycles. The third kappa shape index (κ3) is 7.15. The zero-order valence-electron chi connectivity index (χ0n) is 23.2. The highest BCUT2D eigenvalue weighted by molar-refractivity contribution is 5.99. The summed E-state index contributed by atoms with van der Waals surface area (Å²) in [5.41, 5.74) is 6.50. The Morgan fingerprint density at radius 1 is 0.850 bits per heavy atom. The number of carboxylic acids is 2. The molecule has 0 fully saturated rings. The monoisotopic (exact) mass is 538 g/mol. The minimum atomic E-state index is -1.16. The van der Waals surface area contributed by atoms with Gasteiger partial charge in [0.1, 0.15) is 0 Å². The van der Waals surface area contributed by atoms with E-state index in [1.54, 1.807) is 23.8 Å². The number of aldehydes is 1. The zero-order chi connectivity index (χ0) is 28.5. The van der Waals surface area contributed by atoms with Crippen molar-refractivity contribution in [3.05, 3.63) is 106 Å². The predicted octanol–water partition coefficient (Wildman–Crippen LogP) is 8.65. The molecule has 5 nitrogen and oxygen atoms in total. The summed E-state index contributed by atoms with van der Waals surface area (Å²) in [5, 5.41) is 19.2. The van der Waals surface area contributed by atoms with E-state index in [9.17, 15) is 24.6 Å². The van der Waals surface area contributed by atoms with Crippen molar-refractivity contribution in [3.63, 3.8) is 0 Å². The minimum absolute atomic E-state index is 0.0536. The van der Waals surface area contributed by atoms with Crippen LogP contribution < -0.4 is 0 Å². The summed E-state index contributed by atoms with van der Waals surface area (Å²) >= 11 is 0. The van der Waals surface area contributed by atoms with Gasteiger partial charge in [0.2, 0.25) is 0 Å². The van der Waals surface area contributed by atoms with E-state index in [2.05, 4.69) is 36.4 Å². The maximum absolute atomic E-state index is 11.8. The summed E-state index contributed by atoms with van der Waals surface area (Å²) in [5.74, 6) is -1.49. The number of benzene rings is 3. The number of carbonyl (C=O) groups is 3.